The molecular formula is C18H14FN5O. The summed E-state index contributed by atoms with van der Waals surface area (Å²) in [5.74, 6) is 0.402. The number of nitrogens with one attached hydrogen (secondary N) is 2. The van der Waals surface area contributed by atoms with Crippen molar-refractivity contribution in [1.29, 1.82) is 0 Å². The van der Waals surface area contributed by atoms with Crippen LogP contribution in [-0.4, -0.2) is 19.6 Å². The molecule has 0 atom stereocenters. The number of aromatic amines is 1. The number of aromatic nitrogens is 4. The Bertz CT molecular complexity index is 1070. The van der Waals surface area contributed by atoms with Gasteiger partial charge in [-0.2, -0.15) is 9.50 Å². The second kappa shape index (κ2) is 6.20. The van der Waals surface area contributed by atoms with Crippen molar-refractivity contribution in [3.8, 4) is 11.4 Å². The van der Waals surface area contributed by atoms with Crippen molar-refractivity contribution in [2.24, 2.45) is 0 Å². The largest absolute Gasteiger partial charge is 0.379 e. The first-order valence-electron chi connectivity index (χ1n) is 7.72. The van der Waals surface area contributed by atoms with Gasteiger partial charge < -0.3 is 5.32 Å². The van der Waals surface area contributed by atoms with Crippen molar-refractivity contribution < 1.29 is 4.39 Å². The molecule has 0 saturated heterocycles. The number of benzene rings is 2. The van der Waals surface area contributed by atoms with E-state index in [1.165, 1.54) is 22.7 Å². The summed E-state index contributed by atoms with van der Waals surface area (Å²) in [5, 5.41) is 6.10. The second-order valence-electron chi connectivity index (χ2n) is 5.52. The Kier molecular flexibility index (Phi) is 3.74. The third-order valence-electron chi connectivity index (χ3n) is 3.75. The lowest BCUT2D eigenvalue weighted by Crippen LogP contribution is -2.17. The summed E-state index contributed by atoms with van der Waals surface area (Å²) < 4.78 is 14.3. The van der Waals surface area contributed by atoms with E-state index in [2.05, 4.69) is 20.4 Å². The molecule has 4 aromatic rings. The Morgan fingerprint density at radius 2 is 1.80 bits per heavy atom. The van der Waals surface area contributed by atoms with Gasteiger partial charge in [0, 0.05) is 17.3 Å². The molecule has 0 bridgehead atoms. The molecule has 0 aliphatic heterocycles. The van der Waals surface area contributed by atoms with E-state index in [-0.39, 0.29) is 17.2 Å². The van der Waals surface area contributed by atoms with Crippen molar-refractivity contribution in [3.05, 3.63) is 82.5 Å². The van der Waals surface area contributed by atoms with Gasteiger partial charge in [-0.1, -0.05) is 18.2 Å². The molecular weight excluding hydrogens is 321 g/mol. The minimum absolute atomic E-state index is 0.254. The lowest BCUT2D eigenvalue weighted by atomic mass is 10.2. The van der Waals surface area contributed by atoms with Crippen molar-refractivity contribution in [1.82, 2.24) is 19.6 Å². The van der Waals surface area contributed by atoms with E-state index in [1.807, 2.05) is 30.3 Å². The van der Waals surface area contributed by atoms with E-state index in [1.54, 1.807) is 12.1 Å². The van der Waals surface area contributed by atoms with Gasteiger partial charge in [-0.15, -0.1) is 0 Å². The van der Waals surface area contributed by atoms with Gasteiger partial charge in [0.15, 0.2) is 5.82 Å². The number of para-hydroxylation sites is 1. The van der Waals surface area contributed by atoms with Gasteiger partial charge in [0.25, 0.3) is 11.3 Å². The lowest BCUT2D eigenvalue weighted by Gasteiger charge is -2.05. The first-order valence-corrected chi connectivity index (χ1v) is 7.72. The molecule has 124 valence electrons. The molecule has 0 fully saturated rings. The van der Waals surface area contributed by atoms with E-state index < -0.39 is 0 Å². The molecule has 4 rings (SSSR count). The van der Waals surface area contributed by atoms with Gasteiger partial charge in [-0.25, -0.2) is 9.37 Å². The molecule has 0 aliphatic carbocycles. The highest BCUT2D eigenvalue weighted by atomic mass is 19.1. The van der Waals surface area contributed by atoms with Crippen LogP contribution in [0.4, 0.5) is 10.1 Å². The zero-order valence-electron chi connectivity index (χ0n) is 13.1. The predicted molar refractivity (Wildman–Crippen MR) is 92.8 cm³/mol. The van der Waals surface area contributed by atoms with Gasteiger partial charge in [-0.05, 0) is 36.4 Å². The first-order chi connectivity index (χ1) is 12.2. The second-order valence-corrected chi connectivity index (χ2v) is 5.52. The fourth-order valence-corrected chi connectivity index (χ4v) is 2.50. The normalized spacial score (nSPS) is 10.9. The van der Waals surface area contributed by atoms with Gasteiger partial charge in [0.2, 0.25) is 0 Å². The third kappa shape index (κ3) is 3.12. The molecule has 0 unspecified atom stereocenters. The zero-order valence-corrected chi connectivity index (χ0v) is 13.1. The van der Waals surface area contributed by atoms with Crippen LogP contribution in [0.25, 0.3) is 17.2 Å². The molecule has 2 heterocycles. The monoisotopic (exact) mass is 335 g/mol. The molecule has 7 heteroatoms. The summed E-state index contributed by atoms with van der Waals surface area (Å²) in [5.41, 5.74) is 1.95. The number of rotatable bonds is 4. The molecule has 0 aliphatic rings. The predicted octanol–water partition coefficient (Wildman–Crippen LogP) is 2.84. The van der Waals surface area contributed by atoms with Crippen LogP contribution in [0.15, 0.2) is 65.5 Å². The summed E-state index contributed by atoms with van der Waals surface area (Å²) in [4.78, 5) is 21.0. The summed E-state index contributed by atoms with van der Waals surface area (Å²) in [6, 6.07) is 17.0. The smallest absolute Gasteiger partial charge is 0.274 e. The highest BCUT2D eigenvalue weighted by molar-refractivity contribution is 5.56. The van der Waals surface area contributed by atoms with Crippen LogP contribution in [0, 0.1) is 5.82 Å². The van der Waals surface area contributed by atoms with Gasteiger partial charge in [0.1, 0.15) is 5.82 Å². The lowest BCUT2D eigenvalue weighted by molar-refractivity contribution is 0.628. The maximum absolute atomic E-state index is 13.0. The first kappa shape index (κ1) is 15.1. The SMILES string of the molecule is O=c1cc(CNc2ccccc2)nc2nc(-c3ccc(F)cc3)[nH]n12. The Labute approximate surface area is 142 Å². The Balaban J connectivity index is 1.65. The quantitative estimate of drug-likeness (QED) is 0.601. The van der Waals surface area contributed by atoms with Gasteiger partial charge in [-0.3, -0.25) is 9.89 Å². The fraction of sp³-hybridized carbons (Fsp3) is 0.0556. The summed E-state index contributed by atoms with van der Waals surface area (Å²) in [7, 11) is 0. The van der Waals surface area contributed by atoms with E-state index in [9.17, 15) is 9.18 Å². The van der Waals surface area contributed by atoms with E-state index >= 15 is 0 Å². The van der Waals surface area contributed by atoms with Crippen LogP contribution < -0.4 is 10.9 Å². The van der Waals surface area contributed by atoms with Crippen LogP contribution in [-0.2, 0) is 6.54 Å². The van der Waals surface area contributed by atoms with E-state index in [4.69, 9.17) is 0 Å². The highest BCUT2D eigenvalue weighted by Gasteiger charge is 2.09. The number of hydrogen-bond donors (Lipinski definition) is 2. The van der Waals surface area contributed by atoms with Crippen molar-refractivity contribution >= 4 is 11.5 Å². The van der Waals surface area contributed by atoms with Crippen LogP contribution in [0.2, 0.25) is 0 Å². The van der Waals surface area contributed by atoms with Gasteiger partial charge >= 0.3 is 0 Å². The molecule has 25 heavy (non-hydrogen) atoms. The van der Waals surface area contributed by atoms with E-state index in [0.717, 1.165) is 5.69 Å². The molecule has 2 aromatic heterocycles. The zero-order chi connectivity index (χ0) is 17.2. The fourth-order valence-electron chi connectivity index (χ4n) is 2.50. The molecule has 0 spiro atoms. The topological polar surface area (TPSA) is 75.1 Å². The third-order valence-corrected chi connectivity index (χ3v) is 3.75. The van der Waals surface area contributed by atoms with Crippen LogP contribution in [0.3, 0.4) is 0 Å². The average Bonchev–Trinajstić information content (AvgIpc) is 3.06. The average molecular weight is 335 g/mol. The Hall–Kier alpha value is -3.48. The van der Waals surface area contributed by atoms with Crippen LogP contribution in [0.5, 0.6) is 0 Å². The maximum atomic E-state index is 13.0. The Morgan fingerprint density at radius 1 is 1.04 bits per heavy atom. The molecule has 0 amide bonds. The number of halogens is 1. The number of fused-ring (bicyclic) bond motifs is 1. The minimum Gasteiger partial charge on any atom is -0.379 e. The van der Waals surface area contributed by atoms with Crippen molar-refractivity contribution in [2.75, 3.05) is 5.32 Å². The Morgan fingerprint density at radius 3 is 2.56 bits per heavy atom. The number of hydrogen-bond acceptors (Lipinski definition) is 4. The minimum atomic E-state index is -0.329. The standard InChI is InChI=1S/C18H14FN5O/c19-13-8-6-12(7-9-13)17-22-18-21-15(10-16(25)24(18)23-17)11-20-14-4-2-1-3-5-14/h1-10,20H,11H2,(H,21,22,23). The van der Waals surface area contributed by atoms with Gasteiger partial charge in [0.05, 0.1) is 12.2 Å². The summed E-state index contributed by atoms with van der Waals surface area (Å²) in [6.07, 6.45) is 0. The van der Waals surface area contributed by atoms with E-state index in [0.29, 0.717) is 23.6 Å². The highest BCUT2D eigenvalue weighted by Crippen LogP contribution is 2.15. The number of H-pyrrole nitrogens is 1. The van der Waals surface area contributed by atoms with Crippen molar-refractivity contribution in [2.45, 2.75) is 6.54 Å². The molecule has 6 nitrogen and oxygen atoms in total. The molecule has 0 saturated carbocycles. The summed E-state index contributed by atoms with van der Waals surface area (Å²) in [6.45, 7) is 0.411. The molecule has 2 N–H and O–H groups in total. The van der Waals surface area contributed by atoms with Crippen LogP contribution >= 0.6 is 0 Å². The number of nitrogens with zero attached hydrogens (tertiary/aromatic N) is 3. The summed E-state index contributed by atoms with van der Waals surface area (Å²) >= 11 is 0. The number of anilines is 1. The molecule has 2 aromatic carbocycles. The van der Waals surface area contributed by atoms with Crippen LogP contribution in [0.1, 0.15) is 5.69 Å². The molecule has 0 radical (unpaired) electrons. The maximum Gasteiger partial charge on any atom is 0.274 e. The van der Waals surface area contributed by atoms with Crippen molar-refractivity contribution in [3.63, 3.8) is 0 Å².